The second-order valence-corrected chi connectivity index (χ2v) is 6.43. The zero-order valence-electron chi connectivity index (χ0n) is 11.2. The molecule has 11 nitrogen and oxygen atoms in total. The summed E-state index contributed by atoms with van der Waals surface area (Å²) in [5.41, 5.74) is 5.46. The standard InChI is InChI=1S/C10H14N5O6P/c11-9-13-7-6(8(16)14-9)12-4-15(7)3-5-1-2-20-10(21-5)22(17,18)19/h4-5,10H,1-3H2,(H2,17,18,19)(H3,11,13,14,16)/t5-,10-/m0/s1. The average Bonchev–Trinajstić information content (AvgIpc) is 2.81. The Morgan fingerprint density at radius 1 is 1.55 bits per heavy atom. The number of nitrogens with zero attached hydrogens (tertiary/aromatic N) is 3. The first-order valence-corrected chi connectivity index (χ1v) is 8.05. The number of imidazole rings is 1. The van der Waals surface area contributed by atoms with Gasteiger partial charge in [-0.2, -0.15) is 4.98 Å². The molecule has 1 aliphatic rings. The van der Waals surface area contributed by atoms with Crippen molar-refractivity contribution in [2.45, 2.75) is 25.1 Å². The first kappa shape index (κ1) is 15.1. The van der Waals surface area contributed by atoms with Crippen molar-refractivity contribution in [1.82, 2.24) is 19.5 Å². The van der Waals surface area contributed by atoms with E-state index in [0.29, 0.717) is 6.42 Å². The molecular weight excluding hydrogens is 317 g/mol. The number of nitrogen functional groups attached to an aromatic ring is 1. The number of rotatable bonds is 3. The minimum atomic E-state index is -4.49. The molecule has 5 N–H and O–H groups in total. The number of ether oxygens (including phenoxy) is 2. The van der Waals surface area contributed by atoms with Gasteiger partial charge in [-0.05, 0) is 6.42 Å². The van der Waals surface area contributed by atoms with E-state index in [-0.39, 0.29) is 30.3 Å². The Morgan fingerprint density at radius 3 is 3.05 bits per heavy atom. The highest BCUT2D eigenvalue weighted by Crippen LogP contribution is 2.44. The third-order valence-electron chi connectivity index (χ3n) is 3.18. The summed E-state index contributed by atoms with van der Waals surface area (Å²) in [5, 5.41) is 0. The van der Waals surface area contributed by atoms with E-state index in [9.17, 15) is 9.36 Å². The lowest BCUT2D eigenvalue weighted by molar-refractivity contribution is -0.179. The average molecular weight is 331 g/mol. The molecule has 1 fully saturated rings. The summed E-state index contributed by atoms with van der Waals surface area (Å²) in [7, 11) is -4.49. The Hall–Kier alpha value is -1.78. The highest BCUT2D eigenvalue weighted by atomic mass is 31.2. The Kier molecular flexibility index (Phi) is 3.75. The molecule has 1 saturated heterocycles. The molecule has 0 unspecified atom stereocenters. The first-order chi connectivity index (χ1) is 10.3. The number of anilines is 1. The fourth-order valence-corrected chi connectivity index (χ4v) is 2.84. The molecular formula is C10H14N5O6P. The molecule has 2 aromatic heterocycles. The predicted molar refractivity (Wildman–Crippen MR) is 73.8 cm³/mol. The Morgan fingerprint density at radius 2 is 2.32 bits per heavy atom. The van der Waals surface area contributed by atoms with Gasteiger partial charge in [-0.25, -0.2) is 4.98 Å². The van der Waals surface area contributed by atoms with Crippen LogP contribution in [-0.2, 0) is 20.6 Å². The molecule has 0 amide bonds. The number of nitrogens with two attached hydrogens (primary N) is 1. The Bertz CT molecular complexity index is 797. The number of H-pyrrole nitrogens is 1. The molecule has 1 aliphatic heterocycles. The van der Waals surface area contributed by atoms with Crippen LogP contribution in [0.5, 0.6) is 0 Å². The Balaban J connectivity index is 1.84. The summed E-state index contributed by atoms with van der Waals surface area (Å²) in [5.74, 6) is -0.0414. The van der Waals surface area contributed by atoms with Crippen molar-refractivity contribution in [3.8, 4) is 0 Å². The van der Waals surface area contributed by atoms with Crippen LogP contribution >= 0.6 is 7.60 Å². The summed E-state index contributed by atoms with van der Waals surface area (Å²) in [6.45, 7) is 0.371. The minimum absolute atomic E-state index is 0.0414. The molecule has 3 heterocycles. The van der Waals surface area contributed by atoms with E-state index in [1.807, 2.05) is 0 Å². The van der Waals surface area contributed by atoms with Crippen LogP contribution < -0.4 is 11.3 Å². The number of aromatic nitrogens is 4. The molecule has 22 heavy (non-hydrogen) atoms. The summed E-state index contributed by atoms with van der Waals surface area (Å²) in [6.07, 6.45) is 1.33. The maximum absolute atomic E-state index is 11.7. The largest absolute Gasteiger partial charge is 0.381 e. The van der Waals surface area contributed by atoms with E-state index in [2.05, 4.69) is 15.0 Å². The molecule has 12 heteroatoms. The lowest BCUT2D eigenvalue weighted by atomic mass is 10.2. The zero-order chi connectivity index (χ0) is 15.9. The third kappa shape index (κ3) is 2.89. The predicted octanol–water partition coefficient (Wildman–Crippen LogP) is -1.03. The summed E-state index contributed by atoms with van der Waals surface area (Å²) < 4.78 is 22.9. The number of hydrogen-bond acceptors (Lipinski definition) is 7. The molecule has 120 valence electrons. The molecule has 2 atom stereocenters. The lowest BCUT2D eigenvalue weighted by Crippen LogP contribution is -2.34. The van der Waals surface area contributed by atoms with Crippen LogP contribution in [0.25, 0.3) is 11.2 Å². The van der Waals surface area contributed by atoms with Gasteiger partial charge in [-0.3, -0.25) is 14.3 Å². The van der Waals surface area contributed by atoms with Gasteiger partial charge in [0.15, 0.2) is 11.2 Å². The van der Waals surface area contributed by atoms with Crippen LogP contribution in [0.1, 0.15) is 6.42 Å². The van der Waals surface area contributed by atoms with Gasteiger partial charge in [0.1, 0.15) is 0 Å². The van der Waals surface area contributed by atoms with Crippen molar-refractivity contribution >= 4 is 24.7 Å². The quantitative estimate of drug-likeness (QED) is 0.514. The van der Waals surface area contributed by atoms with Crippen molar-refractivity contribution in [2.24, 2.45) is 0 Å². The third-order valence-corrected chi connectivity index (χ3v) is 4.00. The fourth-order valence-electron chi connectivity index (χ4n) is 2.21. The van der Waals surface area contributed by atoms with Gasteiger partial charge in [0, 0.05) is 0 Å². The summed E-state index contributed by atoms with van der Waals surface area (Å²) >= 11 is 0. The molecule has 0 bridgehead atoms. The van der Waals surface area contributed by atoms with Crippen LogP contribution in [0.4, 0.5) is 5.95 Å². The molecule has 0 saturated carbocycles. The van der Waals surface area contributed by atoms with Crippen molar-refractivity contribution in [1.29, 1.82) is 0 Å². The normalized spacial score (nSPS) is 23.0. The van der Waals surface area contributed by atoms with E-state index in [1.165, 1.54) is 6.33 Å². The van der Waals surface area contributed by atoms with E-state index in [0.717, 1.165) is 0 Å². The number of fused-ring (bicyclic) bond motifs is 1. The van der Waals surface area contributed by atoms with Gasteiger partial charge in [0.25, 0.3) is 11.6 Å². The lowest BCUT2D eigenvalue weighted by Gasteiger charge is -2.30. The topological polar surface area (TPSA) is 166 Å². The van der Waals surface area contributed by atoms with Crippen molar-refractivity contribution < 1.29 is 23.8 Å². The van der Waals surface area contributed by atoms with E-state index in [4.69, 9.17) is 25.0 Å². The van der Waals surface area contributed by atoms with Crippen LogP contribution in [-0.4, -0.2) is 48.0 Å². The van der Waals surface area contributed by atoms with Crippen LogP contribution in [0.3, 0.4) is 0 Å². The van der Waals surface area contributed by atoms with Gasteiger partial charge >= 0.3 is 7.60 Å². The smallest absolute Gasteiger partial charge is 0.369 e. The summed E-state index contributed by atoms with van der Waals surface area (Å²) in [6, 6.07) is -1.58. The van der Waals surface area contributed by atoms with Crippen LogP contribution in [0, 0.1) is 0 Å². The number of nitrogens with one attached hydrogen (secondary N) is 1. The van der Waals surface area contributed by atoms with Crippen LogP contribution in [0.2, 0.25) is 0 Å². The highest BCUT2D eigenvalue weighted by Gasteiger charge is 2.36. The molecule has 2 aromatic rings. The first-order valence-electron chi connectivity index (χ1n) is 6.37. The van der Waals surface area contributed by atoms with E-state index in [1.54, 1.807) is 4.57 Å². The van der Waals surface area contributed by atoms with Gasteiger partial charge in [0.05, 0.1) is 25.6 Å². The number of aromatic amines is 1. The molecule has 3 rings (SSSR count). The van der Waals surface area contributed by atoms with E-state index < -0.39 is 25.3 Å². The van der Waals surface area contributed by atoms with Crippen molar-refractivity contribution in [2.75, 3.05) is 12.3 Å². The molecule has 0 spiro atoms. The second-order valence-electron chi connectivity index (χ2n) is 4.83. The van der Waals surface area contributed by atoms with Gasteiger partial charge in [0.2, 0.25) is 5.95 Å². The van der Waals surface area contributed by atoms with Gasteiger partial charge in [-0.15, -0.1) is 0 Å². The van der Waals surface area contributed by atoms with Gasteiger partial charge in [-0.1, -0.05) is 0 Å². The monoisotopic (exact) mass is 331 g/mol. The van der Waals surface area contributed by atoms with E-state index >= 15 is 0 Å². The number of hydrogen-bond donors (Lipinski definition) is 4. The highest BCUT2D eigenvalue weighted by molar-refractivity contribution is 7.52. The zero-order valence-corrected chi connectivity index (χ0v) is 12.1. The van der Waals surface area contributed by atoms with Gasteiger partial charge < -0.3 is 29.6 Å². The summed E-state index contributed by atoms with van der Waals surface area (Å²) in [4.78, 5) is 40.2. The molecule has 0 aliphatic carbocycles. The van der Waals surface area contributed by atoms with Crippen LogP contribution in [0.15, 0.2) is 11.1 Å². The molecule has 0 radical (unpaired) electrons. The maximum atomic E-state index is 11.7. The Labute approximate surface area is 123 Å². The second kappa shape index (κ2) is 5.45. The van der Waals surface area contributed by atoms with Crippen molar-refractivity contribution in [3.05, 3.63) is 16.7 Å². The fraction of sp³-hybridized carbons (Fsp3) is 0.500. The maximum Gasteiger partial charge on any atom is 0.381 e. The molecule has 0 aromatic carbocycles. The minimum Gasteiger partial charge on any atom is -0.369 e. The van der Waals surface area contributed by atoms with Crippen molar-refractivity contribution in [3.63, 3.8) is 0 Å². The SMILES string of the molecule is Nc1nc2c(ncn2C[C@@H]2CCO[C@H](P(=O)(O)O)O2)c(=O)[nH]1.